The fourth-order valence-electron chi connectivity index (χ4n) is 4.43. The molecule has 0 aromatic heterocycles. The molecule has 4 unspecified atom stereocenters. The van der Waals surface area contributed by atoms with Crippen LogP contribution in [0.25, 0.3) is 0 Å². The van der Waals surface area contributed by atoms with Crippen LogP contribution >= 0.6 is 0 Å². The van der Waals surface area contributed by atoms with Crippen LogP contribution in [0, 0.1) is 0 Å². The van der Waals surface area contributed by atoms with Crippen LogP contribution in [-0.4, -0.2) is 74.7 Å². The Hall–Kier alpha value is 0.544. The van der Waals surface area contributed by atoms with Gasteiger partial charge in [-0.25, -0.2) is 0 Å². The molecule has 0 fully saturated rings. The fraction of sp³-hybridized carbons (Fsp3) is 0.909. The van der Waals surface area contributed by atoms with E-state index >= 15 is 0 Å². The number of hydrogen-bond donors (Lipinski definition) is 1. The lowest BCUT2D eigenvalue weighted by molar-refractivity contribution is -0.210. The Morgan fingerprint density at radius 3 is 1.82 bits per heavy atom. The molecule has 4 atom stereocenters. The van der Waals surface area contributed by atoms with Crippen LogP contribution in [0.1, 0.15) is 47.0 Å². The second kappa shape index (κ2) is 14.5. The monoisotopic (exact) mass is 570 g/mol. The van der Waals surface area contributed by atoms with E-state index in [0.29, 0.717) is 17.1 Å². The van der Waals surface area contributed by atoms with Crippen LogP contribution < -0.4 is 0 Å². The first-order valence-corrected chi connectivity index (χ1v) is 24.8. The molecule has 0 aromatic rings. The maximum atomic E-state index is 10.3. The molecule has 0 spiro atoms. The third-order valence-electron chi connectivity index (χ3n) is 5.52. The predicted molar refractivity (Wildman–Crippen MR) is 154 cm³/mol. The van der Waals surface area contributed by atoms with Crippen molar-refractivity contribution >= 4 is 44.5 Å². The summed E-state index contributed by atoms with van der Waals surface area (Å²) in [6, 6.07) is 0. The molecule has 1 N–H and O–H groups in total. The Morgan fingerprint density at radius 2 is 1.41 bits per heavy atom. The van der Waals surface area contributed by atoms with Gasteiger partial charge in [-0.15, -0.1) is 0 Å². The molecule has 0 bridgehead atoms. The molecule has 12 heteroatoms. The van der Waals surface area contributed by atoms with Gasteiger partial charge in [-0.1, -0.05) is 32.4 Å². The van der Waals surface area contributed by atoms with Gasteiger partial charge in [0.1, 0.15) is 16.6 Å². The summed E-state index contributed by atoms with van der Waals surface area (Å²) in [5, 5.41) is 10.3. The van der Waals surface area contributed by atoms with Crippen LogP contribution in [0.5, 0.6) is 0 Å². The number of ether oxygens (including phenoxy) is 2. The first-order chi connectivity index (χ1) is 15.3. The van der Waals surface area contributed by atoms with E-state index in [2.05, 4.69) is 72.8 Å². The Kier molecular flexibility index (Phi) is 14.7. The van der Waals surface area contributed by atoms with Gasteiger partial charge in [0.15, 0.2) is 14.6 Å². The van der Waals surface area contributed by atoms with E-state index in [0.717, 1.165) is 24.8 Å². The normalized spacial score (nSPS) is 17.4. The summed E-state index contributed by atoms with van der Waals surface area (Å²) in [5.74, 6) is 0. The van der Waals surface area contributed by atoms with Crippen LogP contribution in [0.4, 0.5) is 0 Å². The highest BCUT2D eigenvalue weighted by Gasteiger charge is 2.47. The molecule has 0 aliphatic carbocycles. The molecule has 0 aliphatic heterocycles. The van der Waals surface area contributed by atoms with Crippen molar-refractivity contribution < 1.29 is 31.0 Å². The van der Waals surface area contributed by atoms with Crippen LogP contribution in [0.2, 0.25) is 57.9 Å². The third kappa shape index (κ3) is 13.2. The molecular formula is C22H54O7Si5. The lowest BCUT2D eigenvalue weighted by Gasteiger charge is -2.45. The van der Waals surface area contributed by atoms with Gasteiger partial charge < -0.3 is 31.0 Å². The van der Waals surface area contributed by atoms with Gasteiger partial charge in [0.25, 0.3) is 0 Å². The van der Waals surface area contributed by atoms with Crippen molar-refractivity contribution in [3.8, 4) is 0 Å². The average molecular weight is 571 g/mol. The molecule has 0 aromatic carbocycles. The van der Waals surface area contributed by atoms with Gasteiger partial charge in [0.05, 0.1) is 12.7 Å². The minimum atomic E-state index is -2.50. The van der Waals surface area contributed by atoms with E-state index in [4.69, 9.17) is 25.9 Å². The van der Waals surface area contributed by atoms with Crippen LogP contribution in [0.3, 0.4) is 0 Å². The maximum absolute atomic E-state index is 10.3. The van der Waals surface area contributed by atoms with Gasteiger partial charge in [0.2, 0.25) is 0 Å². The van der Waals surface area contributed by atoms with Gasteiger partial charge in [0, 0.05) is 5.54 Å². The lowest BCUT2D eigenvalue weighted by Crippen LogP contribution is -2.58. The summed E-state index contributed by atoms with van der Waals surface area (Å²) in [5.41, 5.74) is 1.13. The Morgan fingerprint density at radius 1 is 0.912 bits per heavy atom. The zero-order valence-corrected chi connectivity index (χ0v) is 30.2. The number of rotatable bonds is 18. The van der Waals surface area contributed by atoms with E-state index in [-0.39, 0.29) is 11.6 Å². The topological polar surface area (TPSA) is 75.6 Å². The summed E-state index contributed by atoms with van der Waals surface area (Å²) in [7, 11) is -8.70. The standard InChI is InChI=1S/C22H54O7Si5/c1-14-16-21(20(15-2)25-22(19(5)23)24-17-18(3)4)31(6,7)27-33(10,11)29-34(12,13)28-32(8,9)26-30/h19-23H,3,14-17H2,1-2,4-13,30H3. The highest BCUT2D eigenvalue weighted by atomic mass is 28.5. The molecule has 0 heterocycles. The van der Waals surface area contributed by atoms with Crippen molar-refractivity contribution in [3.05, 3.63) is 12.2 Å². The Bertz CT molecular complexity index is 614. The SMILES string of the molecule is C=C(C)COC(OC(CC)C(CCC)[Si](C)(C)O[Si](C)(C)O[Si](C)(C)O[Si](C)(C)O[SiH3])C(C)O. The predicted octanol–water partition coefficient (Wildman–Crippen LogP) is 4.91. The second-order valence-electron chi connectivity index (χ2n) is 11.2. The molecule has 0 radical (unpaired) electrons. The van der Waals surface area contributed by atoms with E-state index in [1.165, 1.54) is 0 Å². The van der Waals surface area contributed by atoms with Crippen molar-refractivity contribution in [2.24, 2.45) is 0 Å². The molecule has 0 saturated carbocycles. The van der Waals surface area contributed by atoms with Crippen molar-refractivity contribution in [3.63, 3.8) is 0 Å². The van der Waals surface area contributed by atoms with Crippen LogP contribution in [0.15, 0.2) is 12.2 Å². The lowest BCUT2D eigenvalue weighted by atomic mass is 10.1. The van der Waals surface area contributed by atoms with Crippen molar-refractivity contribution in [2.75, 3.05) is 6.61 Å². The summed E-state index contributed by atoms with van der Waals surface area (Å²) in [6.07, 6.45) is 1.31. The smallest absolute Gasteiger partial charge is 0.314 e. The number of hydrogen-bond acceptors (Lipinski definition) is 7. The fourth-order valence-corrected chi connectivity index (χ4v) is 23.9. The van der Waals surface area contributed by atoms with E-state index in [1.54, 1.807) is 6.92 Å². The van der Waals surface area contributed by atoms with Gasteiger partial charge in [-0.2, -0.15) is 0 Å². The molecule has 0 aliphatic rings. The van der Waals surface area contributed by atoms with Gasteiger partial charge >= 0.3 is 25.7 Å². The highest BCUT2D eigenvalue weighted by Crippen LogP contribution is 2.38. The quantitative estimate of drug-likeness (QED) is 0.143. The Balaban J connectivity index is 5.67. The molecule has 34 heavy (non-hydrogen) atoms. The van der Waals surface area contributed by atoms with Crippen LogP contribution in [-0.2, 0) is 25.9 Å². The summed E-state index contributed by atoms with van der Waals surface area (Å²) in [4.78, 5) is 0. The minimum absolute atomic E-state index is 0.0811. The van der Waals surface area contributed by atoms with E-state index in [9.17, 15) is 5.11 Å². The van der Waals surface area contributed by atoms with Gasteiger partial charge in [-0.05, 0) is 79.1 Å². The molecular weight excluding hydrogens is 517 g/mol. The maximum Gasteiger partial charge on any atom is 0.314 e. The minimum Gasteiger partial charge on any atom is -0.445 e. The first-order valence-electron chi connectivity index (χ1n) is 12.6. The first kappa shape index (κ1) is 34.5. The van der Waals surface area contributed by atoms with Gasteiger partial charge in [-0.3, -0.25) is 0 Å². The molecule has 0 saturated heterocycles. The van der Waals surface area contributed by atoms with Crippen molar-refractivity contribution in [1.82, 2.24) is 0 Å². The third-order valence-corrected chi connectivity index (χ3v) is 23.8. The number of aliphatic hydroxyl groups excluding tert-OH is 1. The molecule has 7 nitrogen and oxygen atoms in total. The molecule has 0 amide bonds. The molecule has 204 valence electrons. The van der Waals surface area contributed by atoms with E-state index < -0.39 is 46.4 Å². The summed E-state index contributed by atoms with van der Waals surface area (Å²) >= 11 is 0. The average Bonchev–Trinajstić information content (AvgIpc) is 2.63. The van der Waals surface area contributed by atoms with E-state index in [1.807, 2.05) is 6.92 Å². The summed E-state index contributed by atoms with van der Waals surface area (Å²) < 4.78 is 37.9. The number of aliphatic hydroxyl groups is 1. The second-order valence-corrected chi connectivity index (χ2v) is 27.6. The Labute approximate surface area is 217 Å². The van der Waals surface area contributed by atoms with Crippen molar-refractivity contribution in [2.45, 2.75) is 123 Å². The molecule has 0 rings (SSSR count). The zero-order valence-electron chi connectivity index (χ0n) is 24.2. The zero-order chi connectivity index (χ0) is 27.0. The highest BCUT2D eigenvalue weighted by molar-refractivity contribution is 6.89. The summed E-state index contributed by atoms with van der Waals surface area (Å²) in [6.45, 7) is 29.3. The van der Waals surface area contributed by atoms with Crippen molar-refractivity contribution in [1.29, 1.82) is 0 Å². The largest absolute Gasteiger partial charge is 0.445 e.